The molecule has 156 valence electrons. The third-order valence-electron chi connectivity index (χ3n) is 5.77. The molecule has 29 heavy (non-hydrogen) atoms. The van der Waals surface area contributed by atoms with Crippen molar-refractivity contribution in [1.82, 2.24) is 10.2 Å². The first-order valence-corrected chi connectivity index (χ1v) is 10.4. The number of fused-ring (bicyclic) bond motifs is 2. The molecule has 6 nitrogen and oxygen atoms in total. The normalized spacial score (nSPS) is 17.3. The van der Waals surface area contributed by atoms with Crippen LogP contribution in [0.3, 0.4) is 0 Å². The topological polar surface area (TPSA) is 52.2 Å². The summed E-state index contributed by atoms with van der Waals surface area (Å²) in [5, 5.41) is 3.64. The summed E-state index contributed by atoms with van der Waals surface area (Å²) in [6.07, 6.45) is 0.965. The minimum atomic E-state index is 0.0873. The maximum absolute atomic E-state index is 6.15. The van der Waals surface area contributed by atoms with E-state index in [1.54, 1.807) is 7.11 Å². The Morgan fingerprint density at radius 1 is 1.07 bits per heavy atom. The molecule has 2 aromatic carbocycles. The predicted molar refractivity (Wildman–Crippen MR) is 112 cm³/mol. The molecule has 1 N–H and O–H groups in total. The molecule has 4 rings (SSSR count). The third-order valence-corrected chi connectivity index (χ3v) is 5.77. The van der Waals surface area contributed by atoms with E-state index in [1.165, 1.54) is 11.1 Å². The number of nitrogens with zero attached hydrogens (tertiary/aromatic N) is 1. The molecule has 6 heteroatoms. The highest BCUT2D eigenvalue weighted by Gasteiger charge is 2.26. The highest BCUT2D eigenvalue weighted by Crippen LogP contribution is 2.40. The maximum Gasteiger partial charge on any atom is 0.231 e. The number of benzene rings is 2. The minimum Gasteiger partial charge on any atom is -0.493 e. The molecule has 0 aliphatic carbocycles. The Balaban J connectivity index is 1.60. The van der Waals surface area contributed by atoms with Gasteiger partial charge in [-0.05, 0) is 60.5 Å². The Morgan fingerprint density at radius 3 is 2.69 bits per heavy atom. The van der Waals surface area contributed by atoms with Crippen molar-refractivity contribution >= 4 is 0 Å². The Morgan fingerprint density at radius 2 is 1.90 bits per heavy atom. The zero-order chi connectivity index (χ0) is 20.2. The summed E-state index contributed by atoms with van der Waals surface area (Å²) in [5.74, 6) is 3.21. The SMILES string of the molecule is CCN(CC)CCOc1cc2c(cc1OC)CCNC2c1ccc2c(c1)OCO2. The van der Waals surface area contributed by atoms with Gasteiger partial charge in [0.25, 0.3) is 0 Å². The number of hydrogen-bond donors (Lipinski definition) is 1. The van der Waals surface area contributed by atoms with Crippen molar-refractivity contribution in [2.45, 2.75) is 26.3 Å². The second kappa shape index (κ2) is 8.93. The van der Waals surface area contributed by atoms with Crippen molar-refractivity contribution in [2.24, 2.45) is 0 Å². The van der Waals surface area contributed by atoms with Gasteiger partial charge in [0.05, 0.1) is 13.2 Å². The molecule has 2 aliphatic heterocycles. The quantitative estimate of drug-likeness (QED) is 0.736. The van der Waals surface area contributed by atoms with Crippen LogP contribution < -0.4 is 24.3 Å². The van der Waals surface area contributed by atoms with Crippen molar-refractivity contribution in [3.8, 4) is 23.0 Å². The highest BCUT2D eigenvalue weighted by molar-refractivity contribution is 5.53. The van der Waals surface area contributed by atoms with Gasteiger partial charge in [-0.3, -0.25) is 0 Å². The van der Waals surface area contributed by atoms with Crippen LogP contribution >= 0.6 is 0 Å². The summed E-state index contributed by atoms with van der Waals surface area (Å²) < 4.78 is 22.8. The van der Waals surface area contributed by atoms with Crippen molar-refractivity contribution in [3.05, 3.63) is 47.0 Å². The third kappa shape index (κ3) is 4.14. The van der Waals surface area contributed by atoms with Crippen molar-refractivity contribution in [1.29, 1.82) is 0 Å². The van der Waals surface area contributed by atoms with Crippen LogP contribution in [-0.2, 0) is 6.42 Å². The van der Waals surface area contributed by atoms with Crippen LogP contribution in [0.25, 0.3) is 0 Å². The van der Waals surface area contributed by atoms with Gasteiger partial charge >= 0.3 is 0 Å². The van der Waals surface area contributed by atoms with Gasteiger partial charge in [0.15, 0.2) is 23.0 Å². The lowest BCUT2D eigenvalue weighted by molar-refractivity contribution is 0.174. The Labute approximate surface area is 172 Å². The minimum absolute atomic E-state index is 0.0873. The van der Waals surface area contributed by atoms with Gasteiger partial charge in [0, 0.05) is 13.1 Å². The van der Waals surface area contributed by atoms with E-state index in [9.17, 15) is 0 Å². The molecule has 0 aromatic heterocycles. The number of nitrogens with one attached hydrogen (secondary N) is 1. The number of likely N-dealkylation sites (N-methyl/N-ethyl adjacent to an activating group) is 1. The van der Waals surface area contributed by atoms with E-state index < -0.39 is 0 Å². The monoisotopic (exact) mass is 398 g/mol. The van der Waals surface area contributed by atoms with Crippen LogP contribution in [0.4, 0.5) is 0 Å². The molecule has 1 unspecified atom stereocenters. The first kappa shape index (κ1) is 19.9. The zero-order valence-electron chi connectivity index (χ0n) is 17.5. The second-order valence-corrected chi connectivity index (χ2v) is 7.33. The van der Waals surface area contributed by atoms with Gasteiger partial charge in [-0.2, -0.15) is 0 Å². The first-order chi connectivity index (χ1) is 14.2. The lowest BCUT2D eigenvalue weighted by atomic mass is 9.89. The lowest BCUT2D eigenvalue weighted by Crippen LogP contribution is -2.31. The van der Waals surface area contributed by atoms with Gasteiger partial charge in [-0.15, -0.1) is 0 Å². The van der Waals surface area contributed by atoms with E-state index in [1.807, 2.05) is 6.07 Å². The Bertz CT molecular complexity index is 851. The van der Waals surface area contributed by atoms with E-state index in [0.29, 0.717) is 6.61 Å². The highest BCUT2D eigenvalue weighted by atomic mass is 16.7. The Kier molecular flexibility index (Phi) is 6.11. The van der Waals surface area contributed by atoms with Crippen LogP contribution in [0.5, 0.6) is 23.0 Å². The molecular weight excluding hydrogens is 368 g/mol. The predicted octanol–water partition coefficient (Wildman–Crippen LogP) is 3.38. The first-order valence-electron chi connectivity index (χ1n) is 10.4. The average molecular weight is 399 g/mol. The van der Waals surface area contributed by atoms with Crippen LogP contribution in [0.2, 0.25) is 0 Å². The van der Waals surface area contributed by atoms with E-state index in [-0.39, 0.29) is 12.8 Å². The summed E-state index contributed by atoms with van der Waals surface area (Å²) in [5.41, 5.74) is 3.68. The summed E-state index contributed by atoms with van der Waals surface area (Å²) in [6.45, 7) is 9.13. The summed E-state index contributed by atoms with van der Waals surface area (Å²) in [7, 11) is 1.70. The summed E-state index contributed by atoms with van der Waals surface area (Å²) >= 11 is 0. The maximum atomic E-state index is 6.15. The molecule has 0 fully saturated rings. The van der Waals surface area contributed by atoms with Gasteiger partial charge in [-0.25, -0.2) is 0 Å². The molecule has 2 aromatic rings. The molecule has 0 saturated heterocycles. The Hall–Kier alpha value is -2.44. The van der Waals surface area contributed by atoms with Gasteiger partial charge in [0.1, 0.15) is 6.61 Å². The van der Waals surface area contributed by atoms with Crippen molar-refractivity contribution in [2.75, 3.05) is 46.7 Å². The summed E-state index contributed by atoms with van der Waals surface area (Å²) in [6, 6.07) is 10.5. The zero-order valence-corrected chi connectivity index (χ0v) is 17.5. The fourth-order valence-electron chi connectivity index (χ4n) is 4.05. The largest absolute Gasteiger partial charge is 0.493 e. The fraction of sp³-hybridized carbons (Fsp3) is 0.478. The average Bonchev–Trinajstić information content (AvgIpc) is 3.23. The van der Waals surface area contributed by atoms with E-state index >= 15 is 0 Å². The number of hydrogen-bond acceptors (Lipinski definition) is 6. The number of rotatable bonds is 8. The van der Waals surface area contributed by atoms with Gasteiger partial charge in [-0.1, -0.05) is 19.9 Å². The fourth-order valence-corrected chi connectivity index (χ4v) is 4.05. The molecule has 0 bridgehead atoms. The van der Waals surface area contributed by atoms with Gasteiger partial charge < -0.3 is 29.2 Å². The van der Waals surface area contributed by atoms with Crippen LogP contribution in [0.1, 0.15) is 36.6 Å². The van der Waals surface area contributed by atoms with Crippen molar-refractivity contribution < 1.29 is 18.9 Å². The molecule has 1 atom stereocenters. The molecule has 0 spiro atoms. The van der Waals surface area contributed by atoms with E-state index in [2.05, 4.69) is 48.3 Å². The summed E-state index contributed by atoms with van der Waals surface area (Å²) in [4.78, 5) is 2.35. The second-order valence-electron chi connectivity index (χ2n) is 7.33. The number of ether oxygens (including phenoxy) is 4. The molecule has 0 amide bonds. The smallest absolute Gasteiger partial charge is 0.231 e. The van der Waals surface area contributed by atoms with E-state index in [4.69, 9.17) is 18.9 Å². The van der Waals surface area contributed by atoms with Crippen molar-refractivity contribution in [3.63, 3.8) is 0 Å². The standard InChI is InChI=1S/C23H30N2O4/c1-4-25(5-2)10-11-27-22-14-18-16(12-20(22)26-3)8-9-24-23(18)17-6-7-19-21(13-17)29-15-28-19/h6-7,12-14,23-24H,4-5,8-11,15H2,1-3H3. The molecule has 0 radical (unpaired) electrons. The van der Waals surface area contributed by atoms with Crippen LogP contribution in [0.15, 0.2) is 30.3 Å². The lowest BCUT2D eigenvalue weighted by Gasteiger charge is -2.29. The molecule has 0 saturated carbocycles. The van der Waals surface area contributed by atoms with E-state index in [0.717, 1.165) is 61.2 Å². The van der Waals surface area contributed by atoms with Crippen LogP contribution in [-0.4, -0.2) is 51.6 Å². The van der Waals surface area contributed by atoms with Gasteiger partial charge in [0.2, 0.25) is 6.79 Å². The molecule has 2 aliphatic rings. The molecular formula is C23H30N2O4. The number of methoxy groups -OCH3 is 1. The molecule has 2 heterocycles. The van der Waals surface area contributed by atoms with Crippen LogP contribution in [0, 0.1) is 0 Å².